The Kier molecular flexibility index (Phi) is 2.87. The van der Waals surface area contributed by atoms with Gasteiger partial charge in [-0.3, -0.25) is 9.69 Å². The van der Waals surface area contributed by atoms with E-state index < -0.39 is 5.41 Å². The van der Waals surface area contributed by atoms with E-state index in [1.807, 2.05) is 24.3 Å². The minimum atomic E-state index is -1.01. The Hall–Kier alpha value is -3.46. The number of benzene rings is 2. The number of carbonyl (C=O) groups excluding carboxylic acids is 1. The van der Waals surface area contributed by atoms with E-state index in [9.17, 15) is 10.1 Å². The Balaban J connectivity index is 1.81. The van der Waals surface area contributed by atoms with Crippen LogP contribution in [0.4, 0.5) is 5.69 Å². The van der Waals surface area contributed by atoms with E-state index in [1.165, 1.54) is 4.90 Å². The zero-order valence-corrected chi connectivity index (χ0v) is 13.8. The molecule has 0 saturated heterocycles. The van der Waals surface area contributed by atoms with Crippen LogP contribution in [0.25, 0.3) is 6.08 Å². The standard InChI is InChI=1S/C20H14N2O4/c1-2-12-4-3-5-14-18(12)20(19(23)22(14)7-6-21)10-24-15-9-17-16(8-13(15)20)25-11-26-17/h2-5,8-9H,1,7,10-11H2. The highest BCUT2D eigenvalue weighted by Crippen LogP contribution is 2.56. The van der Waals surface area contributed by atoms with E-state index in [0.717, 1.165) is 22.4 Å². The van der Waals surface area contributed by atoms with Crippen molar-refractivity contribution in [1.29, 1.82) is 5.26 Å². The fourth-order valence-electron chi connectivity index (χ4n) is 4.12. The molecule has 0 saturated carbocycles. The highest BCUT2D eigenvalue weighted by molar-refractivity contribution is 6.12. The summed E-state index contributed by atoms with van der Waals surface area (Å²) in [7, 11) is 0. The van der Waals surface area contributed by atoms with Gasteiger partial charge >= 0.3 is 0 Å². The van der Waals surface area contributed by atoms with Crippen LogP contribution in [-0.4, -0.2) is 25.9 Å². The molecular formula is C20H14N2O4. The molecule has 0 aliphatic carbocycles. The Labute approximate surface area is 149 Å². The van der Waals surface area contributed by atoms with Crippen LogP contribution in [-0.2, 0) is 10.2 Å². The fraction of sp³-hybridized carbons (Fsp3) is 0.200. The van der Waals surface area contributed by atoms with Gasteiger partial charge in [0, 0.05) is 17.2 Å². The second-order valence-corrected chi connectivity index (χ2v) is 6.39. The number of carbonyl (C=O) groups is 1. The molecule has 128 valence electrons. The van der Waals surface area contributed by atoms with Crippen LogP contribution in [0, 0.1) is 11.3 Å². The van der Waals surface area contributed by atoms with E-state index in [-0.39, 0.29) is 25.9 Å². The van der Waals surface area contributed by atoms with Crippen LogP contribution < -0.4 is 19.1 Å². The molecule has 2 aromatic carbocycles. The molecule has 1 atom stereocenters. The van der Waals surface area contributed by atoms with Gasteiger partial charge in [0.05, 0.1) is 11.8 Å². The number of anilines is 1. The Morgan fingerprint density at radius 1 is 1.23 bits per heavy atom. The van der Waals surface area contributed by atoms with Crippen molar-refractivity contribution in [3.63, 3.8) is 0 Å². The lowest BCUT2D eigenvalue weighted by Gasteiger charge is -2.23. The molecule has 6 nitrogen and oxygen atoms in total. The van der Waals surface area contributed by atoms with E-state index >= 15 is 0 Å². The predicted octanol–water partition coefficient (Wildman–Crippen LogP) is 2.61. The molecule has 26 heavy (non-hydrogen) atoms. The van der Waals surface area contributed by atoms with E-state index in [0.29, 0.717) is 17.2 Å². The number of amides is 1. The lowest BCUT2D eigenvalue weighted by molar-refractivity contribution is -0.122. The summed E-state index contributed by atoms with van der Waals surface area (Å²) in [5.74, 6) is 1.64. The molecule has 2 aromatic rings. The predicted molar refractivity (Wildman–Crippen MR) is 93.3 cm³/mol. The van der Waals surface area contributed by atoms with Crippen LogP contribution >= 0.6 is 0 Å². The van der Waals surface area contributed by atoms with Gasteiger partial charge in [-0.25, -0.2) is 0 Å². The summed E-state index contributed by atoms with van der Waals surface area (Å²) >= 11 is 0. The van der Waals surface area contributed by atoms with Crippen LogP contribution in [0.2, 0.25) is 0 Å². The average molecular weight is 346 g/mol. The van der Waals surface area contributed by atoms with Crippen LogP contribution in [0.1, 0.15) is 16.7 Å². The van der Waals surface area contributed by atoms with Crippen molar-refractivity contribution in [1.82, 2.24) is 0 Å². The lowest BCUT2D eigenvalue weighted by Crippen LogP contribution is -2.42. The molecule has 1 amide bonds. The lowest BCUT2D eigenvalue weighted by atomic mass is 9.75. The summed E-state index contributed by atoms with van der Waals surface area (Å²) in [6.07, 6.45) is 1.73. The van der Waals surface area contributed by atoms with Crippen molar-refractivity contribution >= 4 is 17.7 Å². The van der Waals surface area contributed by atoms with Crippen molar-refractivity contribution in [3.8, 4) is 23.3 Å². The molecule has 5 rings (SSSR count). The third-order valence-electron chi connectivity index (χ3n) is 5.23. The van der Waals surface area contributed by atoms with Gasteiger partial charge in [0.15, 0.2) is 11.5 Å². The van der Waals surface area contributed by atoms with Crippen LogP contribution in [0.15, 0.2) is 36.9 Å². The van der Waals surface area contributed by atoms with Gasteiger partial charge in [-0.15, -0.1) is 0 Å². The molecule has 3 heterocycles. The summed E-state index contributed by atoms with van der Waals surface area (Å²) in [5.41, 5.74) is 2.14. The van der Waals surface area contributed by atoms with Gasteiger partial charge in [-0.05, 0) is 17.7 Å². The molecule has 0 N–H and O–H groups in total. The monoisotopic (exact) mass is 346 g/mol. The van der Waals surface area contributed by atoms with Gasteiger partial charge in [0.1, 0.15) is 24.3 Å². The topological polar surface area (TPSA) is 71.8 Å². The molecule has 6 heteroatoms. The zero-order chi connectivity index (χ0) is 17.9. The largest absolute Gasteiger partial charge is 0.491 e. The molecule has 1 unspecified atom stereocenters. The first kappa shape index (κ1) is 14.8. The van der Waals surface area contributed by atoms with Gasteiger partial charge in [-0.2, -0.15) is 5.26 Å². The molecule has 1 spiro atoms. The van der Waals surface area contributed by atoms with Crippen molar-refractivity contribution in [3.05, 3.63) is 53.6 Å². The second-order valence-electron chi connectivity index (χ2n) is 6.39. The second kappa shape index (κ2) is 5.02. The number of nitriles is 1. The summed E-state index contributed by atoms with van der Waals surface area (Å²) in [4.78, 5) is 15.0. The highest BCUT2D eigenvalue weighted by Gasteiger charge is 2.58. The fourth-order valence-corrected chi connectivity index (χ4v) is 4.12. The minimum absolute atomic E-state index is 0.0198. The molecular weight excluding hydrogens is 332 g/mol. The summed E-state index contributed by atoms with van der Waals surface area (Å²) in [6, 6.07) is 11.3. The smallest absolute Gasteiger partial charge is 0.246 e. The summed E-state index contributed by atoms with van der Waals surface area (Å²) < 4.78 is 16.8. The minimum Gasteiger partial charge on any atom is -0.491 e. The molecule has 0 fully saturated rings. The van der Waals surface area contributed by atoms with Crippen LogP contribution in [0.5, 0.6) is 17.2 Å². The van der Waals surface area contributed by atoms with Crippen molar-refractivity contribution in [2.45, 2.75) is 5.41 Å². The number of fused-ring (bicyclic) bond motifs is 5. The maximum atomic E-state index is 13.5. The quantitative estimate of drug-likeness (QED) is 0.782. The average Bonchev–Trinajstić information content (AvgIpc) is 3.33. The number of hydrogen-bond acceptors (Lipinski definition) is 5. The van der Waals surface area contributed by atoms with Gasteiger partial charge < -0.3 is 14.2 Å². The summed E-state index contributed by atoms with van der Waals surface area (Å²) in [6.45, 7) is 4.19. The number of nitrogens with zero attached hydrogens (tertiary/aromatic N) is 2. The van der Waals surface area contributed by atoms with E-state index in [1.54, 1.807) is 12.1 Å². The number of hydrogen-bond donors (Lipinski definition) is 0. The van der Waals surface area contributed by atoms with E-state index in [2.05, 4.69) is 12.6 Å². The van der Waals surface area contributed by atoms with E-state index in [4.69, 9.17) is 14.2 Å². The first-order valence-electron chi connectivity index (χ1n) is 8.22. The molecule has 3 aliphatic rings. The SMILES string of the molecule is C=Cc1cccc2c1C1(COc3cc4c(cc31)OCO4)C(=O)N2CC#N. The first-order valence-corrected chi connectivity index (χ1v) is 8.22. The summed E-state index contributed by atoms with van der Waals surface area (Å²) in [5, 5.41) is 9.22. The Morgan fingerprint density at radius 3 is 2.81 bits per heavy atom. The zero-order valence-electron chi connectivity index (χ0n) is 13.8. The maximum Gasteiger partial charge on any atom is 0.246 e. The van der Waals surface area contributed by atoms with Gasteiger partial charge in [-0.1, -0.05) is 24.8 Å². The third-order valence-corrected chi connectivity index (χ3v) is 5.23. The Morgan fingerprint density at radius 2 is 2.04 bits per heavy atom. The molecule has 0 radical (unpaired) electrons. The molecule has 0 bridgehead atoms. The molecule has 0 aromatic heterocycles. The van der Waals surface area contributed by atoms with Crippen molar-refractivity contribution < 1.29 is 19.0 Å². The van der Waals surface area contributed by atoms with Crippen LogP contribution in [0.3, 0.4) is 0 Å². The van der Waals surface area contributed by atoms with Crippen molar-refractivity contribution in [2.24, 2.45) is 0 Å². The van der Waals surface area contributed by atoms with Crippen molar-refractivity contribution in [2.75, 3.05) is 24.8 Å². The third kappa shape index (κ3) is 1.62. The van der Waals surface area contributed by atoms with Gasteiger partial charge in [0.25, 0.3) is 0 Å². The highest BCUT2D eigenvalue weighted by atomic mass is 16.7. The number of rotatable bonds is 2. The number of ether oxygens (including phenoxy) is 3. The normalized spacial score (nSPS) is 21.3. The molecule has 3 aliphatic heterocycles. The first-order chi connectivity index (χ1) is 12.7. The Bertz CT molecular complexity index is 1020. The maximum absolute atomic E-state index is 13.5. The van der Waals surface area contributed by atoms with Gasteiger partial charge in [0.2, 0.25) is 12.7 Å².